The second-order valence-electron chi connectivity index (χ2n) is 2.38. The molecule has 0 saturated heterocycles. The second kappa shape index (κ2) is 3.15. The molecule has 1 aromatic carbocycles. The van der Waals surface area contributed by atoms with Gasteiger partial charge in [-0.15, -0.1) is 5.10 Å². The van der Waals surface area contributed by atoms with Crippen LogP contribution in [0.15, 0.2) is 12.1 Å². The van der Waals surface area contributed by atoms with Crippen LogP contribution in [-0.2, 0) is 0 Å². The zero-order valence-corrected chi connectivity index (χ0v) is 7.63. The Morgan fingerprint density at radius 2 is 2.38 bits per heavy atom. The summed E-state index contributed by atoms with van der Waals surface area (Å²) in [4.78, 5) is 0. The van der Waals surface area contributed by atoms with E-state index in [0.29, 0.717) is 11.4 Å². The molecular weight excluding hydrogens is 190 g/mol. The van der Waals surface area contributed by atoms with Crippen LogP contribution in [0, 0.1) is 0 Å². The molecule has 2 aromatic rings. The number of hydrogen-bond acceptors (Lipinski definition) is 6. The first-order valence-electron chi connectivity index (χ1n) is 3.56. The maximum atomic E-state index is 8.89. The lowest BCUT2D eigenvalue weighted by molar-refractivity contribution is 0.375. The highest BCUT2D eigenvalue weighted by molar-refractivity contribution is 7.13. The summed E-state index contributed by atoms with van der Waals surface area (Å²) in [7, 11) is 1.54. The van der Waals surface area contributed by atoms with Gasteiger partial charge in [0.1, 0.15) is 21.7 Å². The summed E-state index contributed by atoms with van der Waals surface area (Å²) >= 11 is 1.20. The van der Waals surface area contributed by atoms with Crippen molar-refractivity contribution in [3.8, 4) is 5.75 Å². The van der Waals surface area contributed by atoms with Gasteiger partial charge in [-0.05, 0) is 23.7 Å². The molecule has 0 atom stereocenters. The van der Waals surface area contributed by atoms with Gasteiger partial charge in [-0.2, -0.15) is 0 Å². The summed E-state index contributed by atoms with van der Waals surface area (Å²) in [5, 5.41) is 12.8. The van der Waals surface area contributed by atoms with Gasteiger partial charge in [-0.3, -0.25) is 10.7 Å². The summed E-state index contributed by atoms with van der Waals surface area (Å²) in [6, 6.07) is 3.51. The van der Waals surface area contributed by atoms with Crippen molar-refractivity contribution in [1.82, 2.24) is 9.59 Å². The van der Waals surface area contributed by atoms with E-state index in [0.717, 1.165) is 10.2 Å². The highest BCUT2D eigenvalue weighted by Crippen LogP contribution is 2.33. The largest absolute Gasteiger partial charge is 0.494 e. The maximum Gasteiger partial charge on any atom is 0.145 e. The van der Waals surface area contributed by atoms with Crippen LogP contribution >= 0.6 is 11.5 Å². The van der Waals surface area contributed by atoms with Gasteiger partial charge >= 0.3 is 0 Å². The summed E-state index contributed by atoms with van der Waals surface area (Å²) in [6.45, 7) is 0. The van der Waals surface area contributed by atoms with Crippen LogP contribution < -0.4 is 10.2 Å². The Morgan fingerprint density at radius 3 is 3.08 bits per heavy atom. The predicted molar refractivity (Wildman–Crippen MR) is 49.4 cm³/mol. The first-order valence-corrected chi connectivity index (χ1v) is 4.33. The number of nitrogens with zero attached hydrogens (tertiary/aromatic N) is 2. The minimum Gasteiger partial charge on any atom is -0.494 e. The third-order valence-corrected chi connectivity index (χ3v) is 2.47. The number of aromatic nitrogens is 2. The molecule has 0 aliphatic carbocycles. The standard InChI is InChI=1S/C7H7N3O2S/c1-12-5-3-2-4-7(6(5)9-11)13-10-8-4/h2-3,9,11H,1H3. The lowest BCUT2D eigenvalue weighted by Crippen LogP contribution is -1.94. The molecule has 1 aromatic heterocycles. The van der Waals surface area contributed by atoms with Gasteiger partial charge in [-0.25, -0.2) is 0 Å². The van der Waals surface area contributed by atoms with Crippen LogP contribution in [0.1, 0.15) is 0 Å². The normalized spacial score (nSPS) is 10.3. The molecule has 0 aliphatic rings. The van der Waals surface area contributed by atoms with E-state index in [4.69, 9.17) is 9.94 Å². The molecule has 0 spiro atoms. The SMILES string of the molecule is COc1ccc2nnsc2c1NO. The summed E-state index contributed by atoms with van der Waals surface area (Å²) < 4.78 is 9.59. The molecule has 13 heavy (non-hydrogen) atoms. The van der Waals surface area contributed by atoms with E-state index >= 15 is 0 Å². The van der Waals surface area contributed by atoms with E-state index in [2.05, 4.69) is 15.1 Å². The van der Waals surface area contributed by atoms with Crippen LogP contribution in [0.4, 0.5) is 5.69 Å². The third-order valence-electron chi connectivity index (χ3n) is 1.71. The Labute approximate surface area is 78.1 Å². The average Bonchev–Trinajstić information content (AvgIpc) is 2.63. The molecule has 0 saturated carbocycles. The van der Waals surface area contributed by atoms with Gasteiger partial charge in [0.25, 0.3) is 0 Å². The monoisotopic (exact) mass is 197 g/mol. The highest BCUT2D eigenvalue weighted by Gasteiger charge is 2.09. The van der Waals surface area contributed by atoms with Crippen LogP contribution in [0.3, 0.4) is 0 Å². The predicted octanol–water partition coefficient (Wildman–Crippen LogP) is 1.50. The number of hydrogen-bond donors (Lipinski definition) is 2. The number of nitrogens with one attached hydrogen (secondary N) is 1. The molecule has 0 amide bonds. The lowest BCUT2D eigenvalue weighted by atomic mass is 10.3. The molecule has 0 fully saturated rings. The number of fused-ring (bicyclic) bond motifs is 1. The quantitative estimate of drug-likeness (QED) is 0.714. The van der Waals surface area contributed by atoms with Crippen LogP contribution in [0.5, 0.6) is 5.75 Å². The van der Waals surface area contributed by atoms with Crippen molar-refractivity contribution in [3.05, 3.63) is 12.1 Å². The molecule has 1 heterocycles. The molecule has 68 valence electrons. The minimum absolute atomic E-state index is 0.509. The number of benzene rings is 1. The molecule has 0 radical (unpaired) electrons. The molecule has 0 unspecified atom stereocenters. The zero-order chi connectivity index (χ0) is 9.26. The fourth-order valence-corrected chi connectivity index (χ4v) is 1.76. The fourth-order valence-electron chi connectivity index (χ4n) is 1.11. The van der Waals surface area contributed by atoms with E-state index < -0.39 is 0 Å². The molecule has 0 aliphatic heterocycles. The van der Waals surface area contributed by atoms with Crippen LogP contribution in [-0.4, -0.2) is 21.9 Å². The summed E-state index contributed by atoms with van der Waals surface area (Å²) in [5.74, 6) is 0.570. The third kappa shape index (κ3) is 1.20. The number of methoxy groups -OCH3 is 1. The Kier molecular flexibility index (Phi) is 1.99. The van der Waals surface area contributed by atoms with Gasteiger partial charge in [0.15, 0.2) is 0 Å². The van der Waals surface area contributed by atoms with Crippen molar-refractivity contribution in [2.75, 3.05) is 12.6 Å². The first-order chi connectivity index (χ1) is 6.36. The van der Waals surface area contributed by atoms with Crippen LogP contribution in [0.25, 0.3) is 10.2 Å². The van der Waals surface area contributed by atoms with Crippen molar-refractivity contribution in [2.45, 2.75) is 0 Å². The molecule has 6 heteroatoms. The van der Waals surface area contributed by atoms with E-state index in [1.807, 2.05) is 0 Å². The topological polar surface area (TPSA) is 67.3 Å². The van der Waals surface area contributed by atoms with E-state index in [1.54, 1.807) is 12.1 Å². The lowest BCUT2D eigenvalue weighted by Gasteiger charge is -2.05. The van der Waals surface area contributed by atoms with Crippen molar-refractivity contribution in [1.29, 1.82) is 0 Å². The van der Waals surface area contributed by atoms with E-state index in [9.17, 15) is 0 Å². The van der Waals surface area contributed by atoms with Crippen molar-refractivity contribution in [3.63, 3.8) is 0 Å². The Bertz CT molecular complexity index is 429. The first kappa shape index (κ1) is 8.21. The van der Waals surface area contributed by atoms with Gasteiger partial charge in [0.05, 0.1) is 7.11 Å². The zero-order valence-electron chi connectivity index (χ0n) is 6.81. The second-order valence-corrected chi connectivity index (χ2v) is 3.13. The number of rotatable bonds is 2. The minimum atomic E-state index is 0.509. The highest BCUT2D eigenvalue weighted by atomic mass is 32.1. The average molecular weight is 197 g/mol. The van der Waals surface area contributed by atoms with Gasteiger partial charge in [-0.1, -0.05) is 4.49 Å². The maximum absolute atomic E-state index is 8.89. The van der Waals surface area contributed by atoms with Crippen molar-refractivity contribution in [2.24, 2.45) is 0 Å². The van der Waals surface area contributed by atoms with Crippen LogP contribution in [0.2, 0.25) is 0 Å². The van der Waals surface area contributed by atoms with Crippen molar-refractivity contribution >= 4 is 27.4 Å². The van der Waals surface area contributed by atoms with Gasteiger partial charge in [0.2, 0.25) is 0 Å². The van der Waals surface area contributed by atoms with Gasteiger partial charge < -0.3 is 4.74 Å². The van der Waals surface area contributed by atoms with Crippen molar-refractivity contribution < 1.29 is 9.94 Å². The van der Waals surface area contributed by atoms with Gasteiger partial charge in [0, 0.05) is 0 Å². The molecule has 5 nitrogen and oxygen atoms in total. The molecule has 2 N–H and O–H groups in total. The fraction of sp³-hybridized carbons (Fsp3) is 0.143. The smallest absolute Gasteiger partial charge is 0.145 e. The molecule has 2 rings (SSSR count). The van der Waals surface area contributed by atoms with E-state index in [1.165, 1.54) is 18.6 Å². The Hall–Kier alpha value is -1.40. The summed E-state index contributed by atoms with van der Waals surface area (Å²) in [6.07, 6.45) is 0. The Balaban J connectivity index is 2.74. The Morgan fingerprint density at radius 1 is 1.54 bits per heavy atom. The number of ether oxygens (including phenoxy) is 1. The molecular formula is C7H7N3O2S. The van der Waals surface area contributed by atoms with E-state index in [-0.39, 0.29) is 0 Å². The summed E-state index contributed by atoms with van der Waals surface area (Å²) in [5.41, 5.74) is 3.33. The number of anilines is 1. The molecule has 0 bridgehead atoms.